The number of pyridine rings is 1. The fourth-order valence-corrected chi connectivity index (χ4v) is 1.65. The van der Waals surface area contributed by atoms with Crippen molar-refractivity contribution in [1.29, 1.82) is 0 Å². The maximum Gasteiger partial charge on any atom is 0.492 e. The number of rotatable bonds is 2. The Bertz CT molecular complexity index is 329. The molecular weight excluding hydrogens is 195 g/mol. The van der Waals surface area contributed by atoms with Crippen LogP contribution in [0.5, 0.6) is 0 Å². The van der Waals surface area contributed by atoms with Crippen molar-refractivity contribution in [2.75, 3.05) is 31.2 Å². The molecule has 2 heterocycles. The number of hydrogen-bond donors (Lipinski definition) is 2. The lowest BCUT2D eigenvalue weighted by Gasteiger charge is -2.29. The van der Waals surface area contributed by atoms with Gasteiger partial charge < -0.3 is 19.7 Å². The first-order valence-corrected chi connectivity index (χ1v) is 4.93. The zero-order valence-electron chi connectivity index (χ0n) is 8.33. The smallest absolute Gasteiger partial charge is 0.423 e. The standard InChI is InChI=1S/C9H13BN2O3/c13-10(14)8-2-1-3-11-9(8)12-4-6-15-7-5-12/h1-3,13-14H,4-7H2. The van der Waals surface area contributed by atoms with Gasteiger partial charge >= 0.3 is 7.12 Å². The molecule has 0 aromatic carbocycles. The van der Waals surface area contributed by atoms with Crippen LogP contribution in [0.3, 0.4) is 0 Å². The highest BCUT2D eigenvalue weighted by Gasteiger charge is 2.21. The van der Waals surface area contributed by atoms with Gasteiger partial charge in [0.2, 0.25) is 0 Å². The summed E-state index contributed by atoms with van der Waals surface area (Å²) in [6.45, 7) is 2.77. The third kappa shape index (κ3) is 2.28. The fourth-order valence-electron chi connectivity index (χ4n) is 1.65. The second-order valence-electron chi connectivity index (χ2n) is 3.39. The van der Waals surface area contributed by atoms with Crippen molar-refractivity contribution in [3.63, 3.8) is 0 Å². The van der Waals surface area contributed by atoms with Crippen LogP contribution in [0.15, 0.2) is 18.3 Å². The number of ether oxygens (including phenoxy) is 1. The molecule has 0 bridgehead atoms. The summed E-state index contributed by atoms with van der Waals surface area (Å²) in [4.78, 5) is 6.17. The van der Waals surface area contributed by atoms with Crippen molar-refractivity contribution in [2.24, 2.45) is 0 Å². The fraction of sp³-hybridized carbons (Fsp3) is 0.444. The van der Waals surface area contributed by atoms with Crippen LogP contribution in [0.4, 0.5) is 5.82 Å². The normalized spacial score (nSPS) is 16.5. The molecule has 0 unspecified atom stereocenters. The van der Waals surface area contributed by atoms with Gasteiger partial charge in [0.1, 0.15) is 5.82 Å². The van der Waals surface area contributed by atoms with Gasteiger partial charge in [-0.1, -0.05) is 6.07 Å². The van der Waals surface area contributed by atoms with Gasteiger partial charge in [-0.15, -0.1) is 0 Å². The van der Waals surface area contributed by atoms with Gasteiger partial charge in [-0.3, -0.25) is 0 Å². The van der Waals surface area contributed by atoms with Gasteiger partial charge in [0.15, 0.2) is 0 Å². The highest BCUT2D eigenvalue weighted by atomic mass is 16.5. The molecule has 1 aromatic heterocycles. The third-order valence-electron chi connectivity index (χ3n) is 2.41. The largest absolute Gasteiger partial charge is 0.492 e. The lowest BCUT2D eigenvalue weighted by Crippen LogP contribution is -2.43. The molecule has 1 aliphatic rings. The predicted molar refractivity (Wildman–Crippen MR) is 57.1 cm³/mol. The second-order valence-corrected chi connectivity index (χ2v) is 3.39. The average Bonchev–Trinajstić information content (AvgIpc) is 2.30. The van der Waals surface area contributed by atoms with Crippen LogP contribution in [0, 0.1) is 0 Å². The Balaban J connectivity index is 2.25. The summed E-state index contributed by atoms with van der Waals surface area (Å²) in [6.07, 6.45) is 1.65. The first-order valence-electron chi connectivity index (χ1n) is 4.93. The minimum atomic E-state index is -1.48. The third-order valence-corrected chi connectivity index (χ3v) is 2.41. The van der Waals surface area contributed by atoms with Crippen LogP contribution in [0.25, 0.3) is 0 Å². The SMILES string of the molecule is OB(O)c1cccnc1N1CCOCC1. The van der Waals surface area contributed by atoms with E-state index in [1.165, 1.54) is 0 Å². The van der Waals surface area contributed by atoms with Crippen LogP contribution >= 0.6 is 0 Å². The number of aromatic nitrogens is 1. The molecule has 0 amide bonds. The molecule has 1 aliphatic heterocycles. The topological polar surface area (TPSA) is 65.8 Å². The van der Waals surface area contributed by atoms with Crippen molar-refractivity contribution >= 4 is 18.4 Å². The van der Waals surface area contributed by atoms with Gasteiger partial charge in [-0.25, -0.2) is 4.98 Å². The molecule has 15 heavy (non-hydrogen) atoms. The van der Waals surface area contributed by atoms with E-state index in [1.807, 2.05) is 4.90 Å². The maximum absolute atomic E-state index is 9.19. The lowest BCUT2D eigenvalue weighted by atomic mass is 9.80. The Kier molecular flexibility index (Phi) is 3.20. The van der Waals surface area contributed by atoms with E-state index in [9.17, 15) is 10.0 Å². The van der Waals surface area contributed by atoms with Gasteiger partial charge in [0.25, 0.3) is 0 Å². The number of anilines is 1. The monoisotopic (exact) mass is 208 g/mol. The van der Waals surface area contributed by atoms with Crippen molar-refractivity contribution in [2.45, 2.75) is 0 Å². The zero-order chi connectivity index (χ0) is 10.7. The lowest BCUT2D eigenvalue weighted by molar-refractivity contribution is 0.122. The minimum Gasteiger partial charge on any atom is -0.423 e. The van der Waals surface area contributed by atoms with Gasteiger partial charge in [-0.05, 0) is 6.07 Å². The summed E-state index contributed by atoms with van der Waals surface area (Å²) in [5, 5.41) is 18.4. The summed E-state index contributed by atoms with van der Waals surface area (Å²) >= 11 is 0. The molecule has 1 fully saturated rings. The van der Waals surface area contributed by atoms with E-state index in [4.69, 9.17) is 4.74 Å². The summed E-state index contributed by atoms with van der Waals surface area (Å²) in [5.41, 5.74) is 0.444. The number of nitrogens with zero attached hydrogens (tertiary/aromatic N) is 2. The molecule has 5 nitrogen and oxygen atoms in total. The van der Waals surface area contributed by atoms with Gasteiger partial charge in [0.05, 0.1) is 13.2 Å². The molecule has 1 aromatic rings. The quantitative estimate of drug-likeness (QED) is 0.585. The Morgan fingerprint density at radius 1 is 1.33 bits per heavy atom. The van der Waals surface area contributed by atoms with E-state index in [1.54, 1.807) is 18.3 Å². The molecule has 80 valence electrons. The van der Waals surface area contributed by atoms with E-state index in [2.05, 4.69) is 4.98 Å². The molecule has 0 aliphatic carbocycles. The summed E-state index contributed by atoms with van der Waals surface area (Å²) in [7, 11) is -1.48. The van der Waals surface area contributed by atoms with E-state index < -0.39 is 7.12 Å². The van der Waals surface area contributed by atoms with Crippen molar-refractivity contribution < 1.29 is 14.8 Å². The minimum absolute atomic E-state index is 0.444. The first-order chi connectivity index (χ1) is 7.29. The molecule has 2 rings (SSSR count). The van der Waals surface area contributed by atoms with Crippen LogP contribution in [0.2, 0.25) is 0 Å². The molecular formula is C9H13BN2O3. The van der Waals surface area contributed by atoms with Crippen molar-refractivity contribution in [3.05, 3.63) is 18.3 Å². The van der Waals surface area contributed by atoms with Crippen molar-refractivity contribution in [3.8, 4) is 0 Å². The Labute approximate surface area is 88.5 Å². The highest BCUT2D eigenvalue weighted by Crippen LogP contribution is 2.09. The highest BCUT2D eigenvalue weighted by molar-refractivity contribution is 6.60. The van der Waals surface area contributed by atoms with E-state index in [-0.39, 0.29) is 0 Å². The Morgan fingerprint density at radius 3 is 2.73 bits per heavy atom. The van der Waals surface area contributed by atoms with Crippen molar-refractivity contribution in [1.82, 2.24) is 4.98 Å². The van der Waals surface area contributed by atoms with Gasteiger partial charge in [0, 0.05) is 24.7 Å². The van der Waals surface area contributed by atoms with Crippen LogP contribution in [0.1, 0.15) is 0 Å². The molecule has 6 heteroatoms. The number of morpholine rings is 1. The predicted octanol–water partition coefficient (Wildman–Crippen LogP) is -1.40. The molecule has 1 saturated heterocycles. The second kappa shape index (κ2) is 4.61. The maximum atomic E-state index is 9.19. The molecule has 0 radical (unpaired) electrons. The van der Waals surface area contributed by atoms with Crippen LogP contribution in [-0.2, 0) is 4.74 Å². The van der Waals surface area contributed by atoms with Crippen LogP contribution < -0.4 is 10.4 Å². The first kappa shape index (κ1) is 10.4. The van der Waals surface area contributed by atoms with E-state index in [0.29, 0.717) is 24.5 Å². The van der Waals surface area contributed by atoms with Gasteiger partial charge in [-0.2, -0.15) is 0 Å². The summed E-state index contributed by atoms with van der Waals surface area (Å²) < 4.78 is 5.23. The van der Waals surface area contributed by atoms with E-state index >= 15 is 0 Å². The molecule has 0 atom stereocenters. The molecule has 2 N–H and O–H groups in total. The summed E-state index contributed by atoms with van der Waals surface area (Å²) in [5.74, 6) is 0.635. The van der Waals surface area contributed by atoms with Crippen LogP contribution in [-0.4, -0.2) is 48.5 Å². The average molecular weight is 208 g/mol. The summed E-state index contributed by atoms with van der Waals surface area (Å²) in [6, 6.07) is 3.36. The Hall–Kier alpha value is -1.11. The molecule has 0 spiro atoms. The number of hydrogen-bond acceptors (Lipinski definition) is 5. The Morgan fingerprint density at radius 2 is 2.07 bits per heavy atom. The zero-order valence-corrected chi connectivity index (χ0v) is 8.33. The van der Waals surface area contributed by atoms with E-state index in [0.717, 1.165) is 13.1 Å². The molecule has 0 saturated carbocycles.